The molecule has 0 fully saturated rings. The molecule has 0 saturated heterocycles. The van der Waals surface area contributed by atoms with E-state index in [1.165, 1.54) is 12.1 Å². The molecule has 0 aliphatic carbocycles. The van der Waals surface area contributed by atoms with Crippen molar-refractivity contribution in [3.8, 4) is 0 Å². The van der Waals surface area contributed by atoms with E-state index in [4.69, 9.17) is 0 Å². The number of carbonyl (C=O) groups is 2. The number of hydrogen-bond acceptors (Lipinski definition) is 6. The highest BCUT2D eigenvalue weighted by Crippen LogP contribution is 2.15. The molecule has 0 spiro atoms. The predicted molar refractivity (Wildman–Crippen MR) is 123 cm³/mol. The molecule has 0 aliphatic heterocycles. The van der Waals surface area contributed by atoms with E-state index in [-0.39, 0.29) is 21.6 Å². The fourth-order valence-electron chi connectivity index (χ4n) is 2.33. The normalized spacial score (nSPS) is 11.5. The van der Waals surface area contributed by atoms with Crippen molar-refractivity contribution < 1.29 is 26.4 Å². The molecule has 32 heavy (non-hydrogen) atoms. The van der Waals surface area contributed by atoms with Crippen molar-refractivity contribution in [3.63, 3.8) is 0 Å². The second-order valence-corrected chi connectivity index (χ2v) is 11.1. The van der Waals surface area contributed by atoms with Crippen LogP contribution >= 0.6 is 0 Å². The molecule has 0 unspecified atom stereocenters. The van der Waals surface area contributed by atoms with Crippen molar-refractivity contribution in [2.75, 3.05) is 0 Å². The second-order valence-electron chi connectivity index (χ2n) is 7.78. The third kappa shape index (κ3) is 7.76. The zero-order valence-corrected chi connectivity index (χ0v) is 20.7. The second kappa shape index (κ2) is 11.2. The molecule has 0 radical (unpaired) electrons. The smallest absolute Gasteiger partial charge is 0.264 e. The quantitative estimate of drug-likeness (QED) is 0.652. The highest BCUT2D eigenvalue weighted by Gasteiger charge is 2.21. The number of nitrogens with one attached hydrogen (secondary N) is 2. The van der Waals surface area contributed by atoms with Crippen LogP contribution in [0.15, 0.2) is 58.3 Å². The van der Waals surface area contributed by atoms with Crippen molar-refractivity contribution in [3.05, 3.63) is 59.7 Å². The fourth-order valence-corrected chi connectivity index (χ4v) is 5.05. The fraction of sp³-hybridized carbons (Fsp3) is 0.364. The number of sulfonamides is 2. The van der Waals surface area contributed by atoms with E-state index in [1.807, 2.05) is 9.44 Å². The molecule has 2 amide bonds. The van der Waals surface area contributed by atoms with Crippen molar-refractivity contribution in [2.45, 2.75) is 51.3 Å². The van der Waals surface area contributed by atoms with Gasteiger partial charge in [-0.15, -0.1) is 0 Å². The van der Waals surface area contributed by atoms with Gasteiger partial charge in [0.2, 0.25) is 11.8 Å². The molecule has 8 nitrogen and oxygen atoms in total. The lowest BCUT2D eigenvalue weighted by Crippen LogP contribution is -2.34. The summed E-state index contributed by atoms with van der Waals surface area (Å²) in [6.07, 6.45) is 0. The summed E-state index contributed by atoms with van der Waals surface area (Å²) in [6, 6.07) is 13.1. The van der Waals surface area contributed by atoms with Crippen molar-refractivity contribution >= 4 is 31.9 Å². The standard InChI is InChI=1S/2C11H15NO3S/c2*1-8(2)11(13)12-16(14,15)10-7-5-4-6-9(10)3/h2*4-8H,1-3H3,(H,12,13). The Bertz CT molecular complexity index is 1080. The van der Waals surface area contributed by atoms with E-state index in [0.29, 0.717) is 11.1 Å². The minimum absolute atomic E-state index is 0.143. The molecule has 0 aliphatic rings. The van der Waals surface area contributed by atoms with Crippen LogP contribution < -0.4 is 9.44 Å². The van der Waals surface area contributed by atoms with Gasteiger partial charge in [0.15, 0.2) is 0 Å². The first-order valence-corrected chi connectivity index (χ1v) is 12.9. The number of amides is 2. The highest BCUT2D eigenvalue weighted by molar-refractivity contribution is 7.90. The van der Waals surface area contributed by atoms with Gasteiger partial charge in [0.25, 0.3) is 20.0 Å². The van der Waals surface area contributed by atoms with Gasteiger partial charge in [0.05, 0.1) is 9.79 Å². The third-order valence-electron chi connectivity index (χ3n) is 4.28. The topological polar surface area (TPSA) is 126 Å². The molecule has 0 aromatic heterocycles. The van der Waals surface area contributed by atoms with Crippen molar-refractivity contribution in [2.24, 2.45) is 11.8 Å². The van der Waals surface area contributed by atoms with Crippen molar-refractivity contribution in [1.29, 1.82) is 0 Å². The molecule has 0 atom stereocenters. The molecule has 0 heterocycles. The molecule has 2 aromatic rings. The number of rotatable bonds is 6. The van der Waals surface area contributed by atoms with Gasteiger partial charge in [-0.1, -0.05) is 64.1 Å². The summed E-state index contributed by atoms with van der Waals surface area (Å²) in [4.78, 5) is 23.0. The monoisotopic (exact) mass is 482 g/mol. The summed E-state index contributed by atoms with van der Waals surface area (Å²) in [5, 5.41) is 0. The molecular weight excluding hydrogens is 452 g/mol. The van der Waals surface area contributed by atoms with Gasteiger partial charge in [0, 0.05) is 11.8 Å². The predicted octanol–water partition coefficient (Wildman–Crippen LogP) is 2.91. The molecule has 176 valence electrons. The van der Waals surface area contributed by atoms with Gasteiger partial charge >= 0.3 is 0 Å². The van der Waals surface area contributed by atoms with Crippen LogP contribution in [0.25, 0.3) is 0 Å². The first kappa shape index (κ1) is 27.3. The van der Waals surface area contributed by atoms with Gasteiger partial charge in [-0.05, 0) is 37.1 Å². The Hall–Kier alpha value is -2.72. The lowest BCUT2D eigenvalue weighted by atomic mass is 10.2. The van der Waals surface area contributed by atoms with E-state index >= 15 is 0 Å². The molecule has 2 N–H and O–H groups in total. The largest absolute Gasteiger partial charge is 0.274 e. The summed E-state index contributed by atoms with van der Waals surface area (Å²) in [5.74, 6) is -1.72. The Kier molecular flexibility index (Phi) is 9.59. The summed E-state index contributed by atoms with van der Waals surface area (Å²) in [5.41, 5.74) is 1.23. The Morgan fingerprint density at radius 1 is 0.625 bits per heavy atom. The Morgan fingerprint density at radius 3 is 1.16 bits per heavy atom. The molecule has 0 bridgehead atoms. The van der Waals surface area contributed by atoms with Crippen molar-refractivity contribution in [1.82, 2.24) is 9.44 Å². The molecule has 0 saturated carbocycles. The molecule has 2 aromatic carbocycles. The first-order valence-electron chi connectivity index (χ1n) is 9.93. The van der Waals surface area contributed by atoms with E-state index in [1.54, 1.807) is 77.9 Å². The molecule has 2 rings (SSSR count). The van der Waals surface area contributed by atoms with E-state index in [2.05, 4.69) is 0 Å². The van der Waals surface area contributed by atoms with Gasteiger partial charge in [-0.2, -0.15) is 0 Å². The minimum Gasteiger partial charge on any atom is -0.274 e. The van der Waals surface area contributed by atoms with Crippen LogP contribution in [0.5, 0.6) is 0 Å². The van der Waals surface area contributed by atoms with E-state index in [0.717, 1.165) is 0 Å². The lowest BCUT2D eigenvalue weighted by Gasteiger charge is -2.10. The maximum atomic E-state index is 11.8. The number of carbonyl (C=O) groups excluding carboxylic acids is 2. The minimum atomic E-state index is -3.73. The maximum Gasteiger partial charge on any atom is 0.264 e. The molecule has 10 heteroatoms. The van der Waals surface area contributed by atoms with E-state index < -0.39 is 31.9 Å². The Morgan fingerprint density at radius 2 is 0.906 bits per heavy atom. The van der Waals surface area contributed by atoms with Gasteiger partial charge in [0.1, 0.15) is 0 Å². The van der Waals surface area contributed by atoms with Gasteiger partial charge in [-0.3, -0.25) is 9.59 Å². The Balaban J connectivity index is 0.000000320. The van der Waals surface area contributed by atoms with Crippen LogP contribution in [0.3, 0.4) is 0 Å². The zero-order chi connectivity index (χ0) is 24.7. The summed E-state index contributed by atoms with van der Waals surface area (Å²) in [6.45, 7) is 9.94. The number of hydrogen-bond donors (Lipinski definition) is 2. The van der Waals surface area contributed by atoms with Crippen LogP contribution in [0.4, 0.5) is 0 Å². The lowest BCUT2D eigenvalue weighted by molar-refractivity contribution is -0.123. The SMILES string of the molecule is Cc1ccccc1S(=O)(=O)NC(=O)C(C)C.Cc1ccccc1S(=O)(=O)NC(=O)C(C)C. The van der Waals surface area contributed by atoms with Crippen LogP contribution in [-0.4, -0.2) is 28.6 Å². The van der Waals surface area contributed by atoms with Crippen LogP contribution in [0, 0.1) is 25.7 Å². The number of benzene rings is 2. The summed E-state index contributed by atoms with van der Waals surface area (Å²) < 4.78 is 51.4. The van der Waals surface area contributed by atoms with Gasteiger partial charge in [-0.25, -0.2) is 26.3 Å². The Labute approximate surface area is 190 Å². The van der Waals surface area contributed by atoms with Crippen LogP contribution in [0.2, 0.25) is 0 Å². The van der Waals surface area contributed by atoms with Crippen LogP contribution in [0.1, 0.15) is 38.8 Å². The summed E-state index contributed by atoms with van der Waals surface area (Å²) >= 11 is 0. The maximum absolute atomic E-state index is 11.8. The van der Waals surface area contributed by atoms with Gasteiger partial charge < -0.3 is 0 Å². The average Bonchev–Trinajstić information content (AvgIpc) is 2.68. The molecular formula is C22H30N2O6S2. The summed E-state index contributed by atoms with van der Waals surface area (Å²) in [7, 11) is -7.47. The first-order chi connectivity index (χ1) is 14.7. The highest BCUT2D eigenvalue weighted by atomic mass is 32.2. The van der Waals surface area contributed by atoms with E-state index in [9.17, 15) is 26.4 Å². The average molecular weight is 483 g/mol. The number of aryl methyl sites for hydroxylation is 2. The van der Waals surface area contributed by atoms with Crippen LogP contribution in [-0.2, 0) is 29.6 Å². The zero-order valence-electron chi connectivity index (χ0n) is 19.0. The third-order valence-corrected chi connectivity index (χ3v) is 7.30.